The highest BCUT2D eigenvalue weighted by Crippen LogP contribution is 2.29. The predicted molar refractivity (Wildman–Crippen MR) is 136 cm³/mol. The lowest BCUT2D eigenvalue weighted by molar-refractivity contribution is 1.11. The summed E-state index contributed by atoms with van der Waals surface area (Å²) >= 11 is 0. The third-order valence-electron chi connectivity index (χ3n) is 5.27. The molecule has 0 heterocycles. The first-order valence-corrected chi connectivity index (χ1v) is 10.5. The average molecular weight is 405 g/mol. The molecule has 4 aromatic rings. The summed E-state index contributed by atoms with van der Waals surface area (Å²) in [7, 11) is 1.92. The molecular formula is C29H28N2. The molecule has 2 heteroatoms. The molecule has 0 fully saturated rings. The number of benzene rings is 4. The second-order valence-corrected chi connectivity index (χ2v) is 7.58. The molecule has 0 aromatic heterocycles. The largest absolute Gasteiger partial charge is 0.388 e. The molecule has 0 saturated heterocycles. The second kappa shape index (κ2) is 10.3. The smallest absolute Gasteiger partial charge is 0.100 e. The van der Waals surface area contributed by atoms with Crippen molar-refractivity contribution in [2.45, 2.75) is 20.3 Å². The van der Waals surface area contributed by atoms with Crippen molar-refractivity contribution in [3.05, 3.63) is 102 Å². The topological polar surface area (TPSA) is 35.8 Å². The lowest BCUT2D eigenvalue weighted by atomic mass is 9.96. The van der Waals surface area contributed by atoms with Crippen LogP contribution in [0.25, 0.3) is 33.7 Å². The van der Waals surface area contributed by atoms with Gasteiger partial charge in [-0.1, -0.05) is 73.2 Å². The molecule has 4 aromatic carbocycles. The summed E-state index contributed by atoms with van der Waals surface area (Å²) in [6.07, 6.45) is 5.32. The van der Waals surface area contributed by atoms with Crippen LogP contribution < -0.4 is 5.32 Å². The van der Waals surface area contributed by atoms with Gasteiger partial charge in [0.1, 0.15) is 6.07 Å². The summed E-state index contributed by atoms with van der Waals surface area (Å²) in [5, 5.41) is 17.0. The fourth-order valence-corrected chi connectivity index (χ4v) is 3.27. The molecule has 1 N–H and O–H groups in total. The fourth-order valence-electron chi connectivity index (χ4n) is 3.27. The maximum atomic E-state index is 9.63. The van der Waals surface area contributed by atoms with Gasteiger partial charge in [-0.05, 0) is 59.5 Å². The van der Waals surface area contributed by atoms with Gasteiger partial charge < -0.3 is 5.32 Å². The molecular weight excluding hydrogens is 376 g/mol. The number of fused-ring (bicyclic) bond motifs is 2. The van der Waals surface area contributed by atoms with Gasteiger partial charge in [0.2, 0.25) is 0 Å². The summed E-state index contributed by atoms with van der Waals surface area (Å²) in [4.78, 5) is 0. The number of hydrogen-bond donors (Lipinski definition) is 1. The zero-order chi connectivity index (χ0) is 22.2. The van der Waals surface area contributed by atoms with Gasteiger partial charge in [0, 0.05) is 23.5 Å². The van der Waals surface area contributed by atoms with Crippen LogP contribution in [0.3, 0.4) is 0 Å². The Hall–Kier alpha value is -3.83. The Morgan fingerprint density at radius 3 is 2.16 bits per heavy atom. The lowest BCUT2D eigenvalue weighted by Gasteiger charge is -2.07. The predicted octanol–water partition coefficient (Wildman–Crippen LogP) is 8.05. The van der Waals surface area contributed by atoms with Crippen molar-refractivity contribution in [2.75, 3.05) is 12.4 Å². The van der Waals surface area contributed by atoms with Crippen molar-refractivity contribution in [2.24, 2.45) is 0 Å². The van der Waals surface area contributed by atoms with Crippen LogP contribution in [-0.4, -0.2) is 7.05 Å². The Bertz CT molecular complexity index is 1270. The maximum absolute atomic E-state index is 9.63. The monoisotopic (exact) mass is 404 g/mol. The van der Waals surface area contributed by atoms with Gasteiger partial charge in [0.05, 0.1) is 5.56 Å². The van der Waals surface area contributed by atoms with Gasteiger partial charge >= 0.3 is 0 Å². The van der Waals surface area contributed by atoms with E-state index < -0.39 is 0 Å². The van der Waals surface area contributed by atoms with E-state index in [1.54, 1.807) is 0 Å². The van der Waals surface area contributed by atoms with Crippen molar-refractivity contribution in [3.8, 4) is 6.07 Å². The Kier molecular flexibility index (Phi) is 7.25. The van der Waals surface area contributed by atoms with Crippen LogP contribution in [-0.2, 0) is 0 Å². The van der Waals surface area contributed by atoms with Crippen molar-refractivity contribution in [1.82, 2.24) is 0 Å². The minimum absolute atomic E-state index is 0.747. The summed E-state index contributed by atoms with van der Waals surface area (Å²) in [5.41, 5.74) is 5.37. The Morgan fingerprint density at radius 2 is 1.52 bits per heavy atom. The molecule has 0 aliphatic carbocycles. The minimum Gasteiger partial charge on any atom is -0.388 e. The molecule has 31 heavy (non-hydrogen) atoms. The van der Waals surface area contributed by atoms with Crippen molar-refractivity contribution in [3.63, 3.8) is 0 Å². The number of anilines is 1. The lowest BCUT2D eigenvalue weighted by Crippen LogP contribution is -1.86. The van der Waals surface area contributed by atoms with Crippen molar-refractivity contribution >= 4 is 39.4 Å². The van der Waals surface area contributed by atoms with Crippen LogP contribution in [0.4, 0.5) is 5.69 Å². The Labute approximate surface area is 185 Å². The normalized spacial score (nSPS) is 10.5. The third kappa shape index (κ3) is 5.41. The molecule has 2 nitrogen and oxygen atoms in total. The van der Waals surface area contributed by atoms with E-state index in [2.05, 4.69) is 85.6 Å². The number of nitriles is 1. The molecule has 0 bridgehead atoms. The quantitative estimate of drug-likeness (QED) is 0.212. The third-order valence-corrected chi connectivity index (χ3v) is 5.27. The van der Waals surface area contributed by atoms with E-state index in [1.165, 1.54) is 5.57 Å². The first-order chi connectivity index (χ1) is 15.0. The van der Waals surface area contributed by atoms with Gasteiger partial charge in [-0.15, -0.1) is 6.58 Å². The zero-order valence-corrected chi connectivity index (χ0v) is 18.4. The maximum Gasteiger partial charge on any atom is 0.100 e. The first-order valence-electron chi connectivity index (χ1n) is 10.5. The highest BCUT2D eigenvalue weighted by atomic mass is 14.8. The van der Waals surface area contributed by atoms with Crippen molar-refractivity contribution < 1.29 is 0 Å². The summed E-state index contributed by atoms with van der Waals surface area (Å²) < 4.78 is 0. The summed E-state index contributed by atoms with van der Waals surface area (Å²) in [6.45, 7) is 7.80. The van der Waals surface area contributed by atoms with Gasteiger partial charge in [0.15, 0.2) is 0 Å². The first kappa shape index (κ1) is 21.9. The molecule has 0 saturated carbocycles. The number of allylic oxidation sites excluding steroid dienone is 1. The van der Waals surface area contributed by atoms with E-state index in [0.29, 0.717) is 0 Å². The van der Waals surface area contributed by atoms with E-state index in [0.717, 1.165) is 50.3 Å². The molecule has 0 amide bonds. The van der Waals surface area contributed by atoms with Gasteiger partial charge in [-0.2, -0.15) is 5.26 Å². The van der Waals surface area contributed by atoms with Crippen LogP contribution in [0.15, 0.2) is 84.9 Å². The van der Waals surface area contributed by atoms with Crippen LogP contribution in [0.2, 0.25) is 0 Å². The van der Waals surface area contributed by atoms with Crippen LogP contribution in [0.1, 0.15) is 37.0 Å². The number of nitrogens with one attached hydrogen (secondary N) is 1. The van der Waals surface area contributed by atoms with Crippen LogP contribution in [0.5, 0.6) is 0 Å². The zero-order valence-electron chi connectivity index (χ0n) is 18.4. The number of nitrogens with zero attached hydrogens (tertiary/aromatic N) is 1. The second-order valence-electron chi connectivity index (χ2n) is 7.58. The highest BCUT2D eigenvalue weighted by Gasteiger charge is 2.07. The summed E-state index contributed by atoms with van der Waals surface area (Å²) in [6, 6.07) is 27.1. The standard InChI is InChI=1S/C24H18N2.C5H10/c1-26-21-11-8-17(9-12-21)6-7-18-10-13-23-20(14-18)15-19-4-2-3-5-22(19)24(23)16-25;1-4-5(2)3/h2-15,26H,1H3;2,4H2,1,3H3. The average Bonchev–Trinajstić information content (AvgIpc) is 2.81. The van der Waals surface area contributed by atoms with E-state index in [9.17, 15) is 5.26 Å². The van der Waals surface area contributed by atoms with E-state index in [1.807, 2.05) is 38.2 Å². The molecule has 0 radical (unpaired) electrons. The Balaban J connectivity index is 0.000000491. The molecule has 0 spiro atoms. The van der Waals surface area contributed by atoms with E-state index in [4.69, 9.17) is 0 Å². The van der Waals surface area contributed by atoms with Gasteiger partial charge in [-0.25, -0.2) is 0 Å². The number of hydrogen-bond acceptors (Lipinski definition) is 2. The molecule has 154 valence electrons. The summed E-state index contributed by atoms with van der Waals surface area (Å²) in [5.74, 6) is 0. The highest BCUT2D eigenvalue weighted by molar-refractivity contribution is 6.04. The van der Waals surface area contributed by atoms with Crippen molar-refractivity contribution in [1.29, 1.82) is 5.26 Å². The van der Waals surface area contributed by atoms with Crippen LogP contribution in [0, 0.1) is 11.3 Å². The molecule has 4 rings (SSSR count). The van der Waals surface area contributed by atoms with E-state index in [-0.39, 0.29) is 0 Å². The minimum atomic E-state index is 0.747. The van der Waals surface area contributed by atoms with Gasteiger partial charge in [-0.3, -0.25) is 0 Å². The molecule has 0 aliphatic rings. The van der Waals surface area contributed by atoms with Gasteiger partial charge in [0.25, 0.3) is 0 Å². The molecule has 0 aliphatic heterocycles. The Morgan fingerprint density at radius 1 is 0.903 bits per heavy atom. The fraction of sp³-hybridized carbons (Fsp3) is 0.138. The molecule has 0 unspecified atom stereocenters. The SMILES string of the molecule is C=C(C)CC.CNc1ccc(C=Cc2ccc3c(C#N)c4ccccc4cc3c2)cc1. The number of rotatable bonds is 4. The van der Waals surface area contributed by atoms with Crippen LogP contribution >= 0.6 is 0 Å². The van der Waals surface area contributed by atoms with E-state index >= 15 is 0 Å². The molecule has 0 atom stereocenters.